The standard InChI is InChI=1S/C48H32N2/c1-3-13-33(14-4-1)34-23-26-38(27-24-34)49(47-31-36-16-8-10-20-41(36)48-40-19-9-7-15-35(40)25-29-43(47)48)39-28-30-46-44(32-39)42-21-11-12-22-45(42)50(46)37-17-5-2-6-18-37/h1-32H. The van der Waals surface area contributed by atoms with E-state index in [4.69, 9.17) is 0 Å². The van der Waals surface area contributed by atoms with Gasteiger partial charge in [0.1, 0.15) is 0 Å². The Morgan fingerprint density at radius 1 is 0.340 bits per heavy atom. The molecule has 2 nitrogen and oxygen atoms in total. The van der Waals surface area contributed by atoms with E-state index in [2.05, 4.69) is 204 Å². The molecule has 1 heterocycles. The summed E-state index contributed by atoms with van der Waals surface area (Å²) in [7, 11) is 0. The number of hydrogen-bond acceptors (Lipinski definition) is 1. The van der Waals surface area contributed by atoms with E-state index in [0.717, 1.165) is 22.7 Å². The van der Waals surface area contributed by atoms with Crippen LogP contribution in [0.4, 0.5) is 17.1 Å². The van der Waals surface area contributed by atoms with Crippen molar-refractivity contribution in [1.82, 2.24) is 4.57 Å². The Morgan fingerprint density at radius 3 is 1.70 bits per heavy atom. The van der Waals surface area contributed by atoms with Crippen molar-refractivity contribution in [3.05, 3.63) is 194 Å². The summed E-state index contributed by atoms with van der Waals surface area (Å²) >= 11 is 0. The molecule has 10 aromatic rings. The molecule has 0 amide bonds. The summed E-state index contributed by atoms with van der Waals surface area (Å²) in [4.78, 5) is 2.45. The van der Waals surface area contributed by atoms with Crippen molar-refractivity contribution in [2.45, 2.75) is 0 Å². The van der Waals surface area contributed by atoms with Crippen molar-refractivity contribution in [1.29, 1.82) is 0 Å². The van der Waals surface area contributed by atoms with Gasteiger partial charge in [0.25, 0.3) is 0 Å². The summed E-state index contributed by atoms with van der Waals surface area (Å²) in [5.74, 6) is 0. The zero-order valence-electron chi connectivity index (χ0n) is 27.4. The summed E-state index contributed by atoms with van der Waals surface area (Å²) in [5.41, 5.74) is 9.34. The molecule has 1 aromatic heterocycles. The topological polar surface area (TPSA) is 8.17 Å². The van der Waals surface area contributed by atoms with E-state index < -0.39 is 0 Å². The van der Waals surface area contributed by atoms with Crippen LogP contribution in [0.3, 0.4) is 0 Å². The maximum atomic E-state index is 2.45. The van der Waals surface area contributed by atoms with Gasteiger partial charge in [0.2, 0.25) is 0 Å². The van der Waals surface area contributed by atoms with Gasteiger partial charge in [-0.05, 0) is 92.7 Å². The van der Waals surface area contributed by atoms with Crippen LogP contribution in [0, 0.1) is 0 Å². The van der Waals surface area contributed by atoms with E-state index in [9.17, 15) is 0 Å². The zero-order valence-corrected chi connectivity index (χ0v) is 27.4. The number of hydrogen-bond donors (Lipinski definition) is 0. The number of para-hydroxylation sites is 2. The molecule has 0 saturated carbocycles. The summed E-state index contributed by atoms with van der Waals surface area (Å²) in [6.45, 7) is 0. The minimum atomic E-state index is 1.11. The molecule has 0 atom stereocenters. The molecule has 0 bridgehead atoms. The Bertz CT molecular complexity index is 2830. The van der Waals surface area contributed by atoms with Crippen LogP contribution in [-0.4, -0.2) is 4.57 Å². The second-order valence-corrected chi connectivity index (χ2v) is 13.0. The summed E-state index contributed by atoms with van der Waals surface area (Å²) < 4.78 is 2.38. The first-order chi connectivity index (χ1) is 24.8. The molecule has 2 heteroatoms. The smallest absolute Gasteiger partial charge is 0.0546 e. The highest BCUT2D eigenvalue weighted by Gasteiger charge is 2.21. The van der Waals surface area contributed by atoms with Crippen LogP contribution >= 0.6 is 0 Å². The average molecular weight is 637 g/mol. The normalized spacial score (nSPS) is 11.6. The van der Waals surface area contributed by atoms with Gasteiger partial charge in [0.05, 0.1) is 16.7 Å². The molecule has 50 heavy (non-hydrogen) atoms. The lowest BCUT2D eigenvalue weighted by Crippen LogP contribution is -2.11. The molecule has 10 rings (SSSR count). The van der Waals surface area contributed by atoms with Crippen molar-refractivity contribution in [3.63, 3.8) is 0 Å². The molecule has 0 N–H and O–H groups in total. The van der Waals surface area contributed by atoms with Gasteiger partial charge in [-0.2, -0.15) is 0 Å². The Kier molecular flexibility index (Phi) is 6.53. The molecular weight excluding hydrogens is 605 g/mol. The van der Waals surface area contributed by atoms with Crippen LogP contribution in [-0.2, 0) is 0 Å². The molecule has 0 fully saturated rings. The van der Waals surface area contributed by atoms with Gasteiger partial charge >= 0.3 is 0 Å². The van der Waals surface area contributed by atoms with Crippen LogP contribution in [0.15, 0.2) is 194 Å². The fourth-order valence-corrected chi connectivity index (χ4v) is 7.85. The third-order valence-corrected chi connectivity index (χ3v) is 10.1. The maximum Gasteiger partial charge on any atom is 0.0546 e. The lowest BCUT2D eigenvalue weighted by atomic mass is 9.94. The quantitative estimate of drug-likeness (QED) is 0.171. The SMILES string of the molecule is c1ccc(-c2ccc(N(c3ccc4c(c3)c3ccccc3n4-c3ccccc3)c3cc4ccccc4c4c3ccc3ccccc34)cc2)cc1. The molecule has 234 valence electrons. The van der Waals surface area contributed by atoms with E-state index in [1.165, 1.54) is 65.3 Å². The van der Waals surface area contributed by atoms with Gasteiger partial charge in [-0.1, -0.05) is 140 Å². The molecule has 0 saturated heterocycles. The van der Waals surface area contributed by atoms with Gasteiger partial charge in [0.15, 0.2) is 0 Å². The molecule has 0 unspecified atom stereocenters. The van der Waals surface area contributed by atoms with Crippen LogP contribution in [0.5, 0.6) is 0 Å². The molecule has 0 radical (unpaired) electrons. The largest absolute Gasteiger partial charge is 0.310 e. The number of anilines is 3. The third-order valence-electron chi connectivity index (χ3n) is 10.1. The van der Waals surface area contributed by atoms with Gasteiger partial charge < -0.3 is 9.47 Å². The molecule has 0 aliphatic carbocycles. The Labute approximate surface area is 290 Å². The van der Waals surface area contributed by atoms with Crippen molar-refractivity contribution in [2.24, 2.45) is 0 Å². The lowest BCUT2D eigenvalue weighted by molar-refractivity contribution is 1.18. The highest BCUT2D eigenvalue weighted by Crippen LogP contribution is 2.45. The molecule has 0 spiro atoms. The predicted octanol–water partition coefficient (Wildman–Crippen LogP) is 13.4. The number of rotatable bonds is 5. The monoisotopic (exact) mass is 636 g/mol. The van der Waals surface area contributed by atoms with E-state index in [-0.39, 0.29) is 0 Å². The highest BCUT2D eigenvalue weighted by molar-refractivity contribution is 6.24. The number of nitrogens with zero attached hydrogens (tertiary/aromatic N) is 2. The van der Waals surface area contributed by atoms with E-state index >= 15 is 0 Å². The van der Waals surface area contributed by atoms with Crippen molar-refractivity contribution < 1.29 is 0 Å². The maximum absolute atomic E-state index is 2.45. The van der Waals surface area contributed by atoms with Gasteiger partial charge in [-0.3, -0.25) is 0 Å². The predicted molar refractivity (Wildman–Crippen MR) is 213 cm³/mol. The Morgan fingerprint density at radius 2 is 0.920 bits per heavy atom. The van der Waals surface area contributed by atoms with Crippen LogP contribution in [0.2, 0.25) is 0 Å². The Hall–Kier alpha value is -6.64. The van der Waals surface area contributed by atoms with Crippen molar-refractivity contribution >= 4 is 71.2 Å². The summed E-state index contributed by atoms with van der Waals surface area (Å²) in [6.07, 6.45) is 0. The molecule has 9 aromatic carbocycles. The highest BCUT2D eigenvalue weighted by atomic mass is 15.1. The fourth-order valence-electron chi connectivity index (χ4n) is 7.85. The van der Waals surface area contributed by atoms with E-state index in [0.29, 0.717) is 0 Å². The number of aromatic nitrogens is 1. The zero-order chi connectivity index (χ0) is 33.0. The minimum Gasteiger partial charge on any atom is -0.310 e. The fraction of sp³-hybridized carbons (Fsp3) is 0. The Balaban J connectivity index is 1.27. The van der Waals surface area contributed by atoms with Gasteiger partial charge in [-0.15, -0.1) is 0 Å². The molecular formula is C48H32N2. The van der Waals surface area contributed by atoms with E-state index in [1.807, 2.05) is 0 Å². The first kappa shape index (κ1) is 28.4. The van der Waals surface area contributed by atoms with Crippen molar-refractivity contribution in [2.75, 3.05) is 4.90 Å². The third kappa shape index (κ3) is 4.50. The second kappa shape index (κ2) is 11.5. The van der Waals surface area contributed by atoms with Crippen LogP contribution in [0.25, 0.3) is 70.9 Å². The number of fused-ring (bicyclic) bond motifs is 8. The lowest BCUT2D eigenvalue weighted by Gasteiger charge is -2.28. The molecule has 0 aliphatic rings. The average Bonchev–Trinajstić information content (AvgIpc) is 3.52. The minimum absolute atomic E-state index is 1.11. The first-order valence-corrected chi connectivity index (χ1v) is 17.2. The summed E-state index contributed by atoms with van der Waals surface area (Å²) in [5, 5.41) is 9.97. The van der Waals surface area contributed by atoms with Crippen LogP contribution in [0.1, 0.15) is 0 Å². The second-order valence-electron chi connectivity index (χ2n) is 13.0. The van der Waals surface area contributed by atoms with Crippen molar-refractivity contribution in [3.8, 4) is 16.8 Å². The van der Waals surface area contributed by atoms with Gasteiger partial charge in [0, 0.05) is 33.2 Å². The summed E-state index contributed by atoms with van der Waals surface area (Å²) in [6, 6.07) is 70.5. The van der Waals surface area contributed by atoms with Gasteiger partial charge in [-0.25, -0.2) is 0 Å². The van der Waals surface area contributed by atoms with E-state index in [1.54, 1.807) is 0 Å². The van der Waals surface area contributed by atoms with Crippen LogP contribution < -0.4 is 4.90 Å². The molecule has 0 aliphatic heterocycles. The number of benzene rings is 9. The first-order valence-electron chi connectivity index (χ1n) is 17.2.